The summed E-state index contributed by atoms with van der Waals surface area (Å²) in [6, 6.07) is 3.80. The van der Waals surface area contributed by atoms with Crippen molar-refractivity contribution in [1.29, 1.82) is 0 Å². The summed E-state index contributed by atoms with van der Waals surface area (Å²) < 4.78 is 5.55. The van der Waals surface area contributed by atoms with Crippen LogP contribution in [0, 0.1) is 0 Å². The number of primary amides is 1. The number of fused-ring (bicyclic) bond motifs is 1. The smallest absolute Gasteiger partial charge is 0.231 e. The van der Waals surface area contributed by atoms with E-state index < -0.39 is 0 Å². The zero-order chi connectivity index (χ0) is 24.8. The maximum atomic E-state index is 11.3. The van der Waals surface area contributed by atoms with Crippen LogP contribution in [0.2, 0.25) is 0 Å². The molecular weight excluding hydrogens is 444 g/mol. The molecule has 4 heterocycles. The second-order valence-corrected chi connectivity index (χ2v) is 8.08. The molecule has 1 unspecified atom stereocenters. The Hall–Kier alpha value is -4.31. The normalized spacial score (nSPS) is 16.1. The molecule has 0 aliphatic carbocycles. The van der Waals surface area contributed by atoms with Crippen molar-refractivity contribution in [3.05, 3.63) is 67.8 Å². The average Bonchev–Trinajstić information content (AvgIpc) is 3.29. The van der Waals surface area contributed by atoms with Crippen LogP contribution in [0.25, 0.3) is 22.3 Å². The number of pyridine rings is 2. The van der Waals surface area contributed by atoms with E-state index >= 15 is 0 Å². The number of ether oxygens (including phenoxy) is 1. The number of nitrogens with two attached hydrogens (primary N) is 1. The van der Waals surface area contributed by atoms with Crippen LogP contribution in [0.15, 0.2) is 67.8 Å². The Morgan fingerprint density at radius 2 is 2.20 bits per heavy atom. The van der Waals surface area contributed by atoms with E-state index in [9.17, 15) is 4.79 Å². The standard InChI is InChI=1S/C25H28N8O2/c1-4-6-17(5-2)29-22-11-16(7-9-28-22)24-31-19-12-27-13-20(35-3)23(19)25(32-24)30-18-8-10-33(14-18)15-21(26)34/h4-7,9,11-13,18H,1-2,8,10,14-15H2,3H3,(H2,26,34)(H,28,29)(H,30,31,32)/b17-6+. The van der Waals surface area contributed by atoms with Gasteiger partial charge in [0.1, 0.15) is 17.4 Å². The lowest BCUT2D eigenvalue weighted by Gasteiger charge is -2.18. The molecule has 4 N–H and O–H groups in total. The first-order valence-electron chi connectivity index (χ1n) is 11.2. The molecule has 1 saturated heterocycles. The third kappa shape index (κ3) is 5.61. The monoisotopic (exact) mass is 472 g/mol. The summed E-state index contributed by atoms with van der Waals surface area (Å²) >= 11 is 0. The van der Waals surface area contributed by atoms with Crippen molar-refractivity contribution < 1.29 is 9.53 Å². The Bertz CT molecular complexity index is 1290. The molecule has 0 radical (unpaired) electrons. The summed E-state index contributed by atoms with van der Waals surface area (Å²) in [4.78, 5) is 31.6. The van der Waals surface area contributed by atoms with Crippen LogP contribution in [0.4, 0.5) is 11.6 Å². The van der Waals surface area contributed by atoms with Crippen molar-refractivity contribution in [3.63, 3.8) is 0 Å². The summed E-state index contributed by atoms with van der Waals surface area (Å²) in [5, 5.41) is 7.48. The van der Waals surface area contributed by atoms with Crippen LogP contribution in [-0.2, 0) is 4.79 Å². The van der Waals surface area contributed by atoms with Gasteiger partial charge in [-0.2, -0.15) is 0 Å². The lowest BCUT2D eigenvalue weighted by molar-refractivity contribution is -0.118. The van der Waals surface area contributed by atoms with Crippen LogP contribution in [0.3, 0.4) is 0 Å². The SMILES string of the molecule is C=C/C=C(\C=C)Nc1cc(-c2nc(NC3CCN(CC(N)=O)C3)c3c(OC)cncc3n2)ccn1. The number of anilines is 2. The number of likely N-dealkylation sites (tertiary alicyclic amines) is 1. The van der Waals surface area contributed by atoms with E-state index in [2.05, 4.69) is 33.8 Å². The van der Waals surface area contributed by atoms with E-state index in [1.165, 1.54) is 0 Å². The van der Waals surface area contributed by atoms with Crippen molar-refractivity contribution in [3.8, 4) is 17.1 Å². The number of nitrogens with one attached hydrogen (secondary N) is 2. The fourth-order valence-corrected chi connectivity index (χ4v) is 4.02. The van der Waals surface area contributed by atoms with E-state index in [1.54, 1.807) is 43.9 Å². The first kappa shape index (κ1) is 23.8. The first-order chi connectivity index (χ1) is 17.0. The van der Waals surface area contributed by atoms with Gasteiger partial charge in [0.25, 0.3) is 0 Å². The molecule has 35 heavy (non-hydrogen) atoms. The highest BCUT2D eigenvalue weighted by molar-refractivity contribution is 5.95. The molecule has 10 heteroatoms. The predicted molar refractivity (Wildman–Crippen MR) is 137 cm³/mol. The predicted octanol–water partition coefficient (Wildman–Crippen LogP) is 2.73. The molecule has 0 bridgehead atoms. The van der Waals surface area contributed by atoms with Crippen LogP contribution in [-0.4, -0.2) is 63.5 Å². The Balaban J connectivity index is 1.71. The number of hydrogen-bond donors (Lipinski definition) is 3. The molecule has 1 atom stereocenters. The number of carbonyl (C=O) groups is 1. The highest BCUT2D eigenvalue weighted by Crippen LogP contribution is 2.33. The largest absolute Gasteiger partial charge is 0.494 e. The second kappa shape index (κ2) is 10.7. The van der Waals surface area contributed by atoms with E-state index in [4.69, 9.17) is 20.4 Å². The maximum Gasteiger partial charge on any atom is 0.231 e. The van der Waals surface area contributed by atoms with Gasteiger partial charge in [0, 0.05) is 36.6 Å². The van der Waals surface area contributed by atoms with Crippen molar-refractivity contribution in [2.75, 3.05) is 37.4 Å². The van der Waals surface area contributed by atoms with E-state index in [1.807, 2.05) is 17.0 Å². The molecule has 180 valence electrons. The number of aromatic nitrogens is 4. The zero-order valence-corrected chi connectivity index (χ0v) is 19.6. The van der Waals surface area contributed by atoms with Crippen molar-refractivity contribution in [1.82, 2.24) is 24.8 Å². The van der Waals surface area contributed by atoms with Gasteiger partial charge in [-0.15, -0.1) is 0 Å². The topological polar surface area (TPSA) is 131 Å². The van der Waals surface area contributed by atoms with Gasteiger partial charge in [0.15, 0.2) is 5.82 Å². The molecule has 3 aromatic rings. The van der Waals surface area contributed by atoms with Gasteiger partial charge in [-0.1, -0.05) is 19.2 Å². The highest BCUT2D eigenvalue weighted by Gasteiger charge is 2.25. The molecule has 4 rings (SSSR count). The molecule has 3 aromatic heterocycles. The van der Waals surface area contributed by atoms with Gasteiger partial charge >= 0.3 is 0 Å². The lowest BCUT2D eigenvalue weighted by Crippen LogP contribution is -2.34. The molecule has 1 fully saturated rings. The lowest BCUT2D eigenvalue weighted by atomic mass is 10.2. The van der Waals surface area contributed by atoms with Crippen molar-refractivity contribution >= 4 is 28.4 Å². The summed E-state index contributed by atoms with van der Waals surface area (Å²) in [7, 11) is 1.59. The molecule has 1 amide bonds. The number of nitrogens with zero attached hydrogens (tertiary/aromatic N) is 5. The number of allylic oxidation sites excluding steroid dienone is 3. The summed E-state index contributed by atoms with van der Waals surface area (Å²) in [5.74, 6) is 2.01. The summed E-state index contributed by atoms with van der Waals surface area (Å²) in [5.41, 5.74) is 7.56. The van der Waals surface area contributed by atoms with Crippen molar-refractivity contribution in [2.45, 2.75) is 12.5 Å². The van der Waals surface area contributed by atoms with Gasteiger partial charge in [-0.05, 0) is 30.7 Å². The Labute approximate surface area is 203 Å². The average molecular weight is 473 g/mol. The minimum Gasteiger partial charge on any atom is -0.494 e. The molecule has 10 nitrogen and oxygen atoms in total. The quantitative estimate of drug-likeness (QED) is 0.381. The highest BCUT2D eigenvalue weighted by atomic mass is 16.5. The Morgan fingerprint density at radius 3 is 2.94 bits per heavy atom. The van der Waals surface area contributed by atoms with Gasteiger partial charge in [0.2, 0.25) is 5.91 Å². The number of hydrogen-bond acceptors (Lipinski definition) is 9. The first-order valence-corrected chi connectivity index (χ1v) is 11.2. The number of amides is 1. The Kier molecular flexibility index (Phi) is 7.32. The maximum absolute atomic E-state index is 11.3. The van der Waals surface area contributed by atoms with Crippen LogP contribution < -0.4 is 21.1 Å². The molecule has 0 aromatic carbocycles. The summed E-state index contributed by atoms with van der Waals surface area (Å²) in [6.07, 6.45) is 11.0. The minimum absolute atomic E-state index is 0.0898. The molecule has 1 aliphatic heterocycles. The van der Waals surface area contributed by atoms with Gasteiger partial charge in [0.05, 0.1) is 37.0 Å². The van der Waals surface area contributed by atoms with Crippen LogP contribution in [0.1, 0.15) is 6.42 Å². The van der Waals surface area contributed by atoms with Gasteiger partial charge < -0.3 is 21.1 Å². The molecule has 0 spiro atoms. The molecule has 0 saturated carbocycles. The van der Waals surface area contributed by atoms with E-state index in [-0.39, 0.29) is 18.5 Å². The second-order valence-electron chi connectivity index (χ2n) is 8.08. The third-order valence-corrected chi connectivity index (χ3v) is 5.59. The fraction of sp³-hybridized carbons (Fsp3) is 0.240. The Morgan fingerprint density at radius 1 is 1.34 bits per heavy atom. The zero-order valence-electron chi connectivity index (χ0n) is 19.6. The number of rotatable bonds is 10. The van der Waals surface area contributed by atoms with Crippen LogP contribution in [0.5, 0.6) is 5.75 Å². The third-order valence-electron chi connectivity index (χ3n) is 5.59. The van der Waals surface area contributed by atoms with E-state index in [0.29, 0.717) is 35.3 Å². The summed E-state index contributed by atoms with van der Waals surface area (Å²) in [6.45, 7) is 9.21. The molecular formula is C25H28N8O2. The van der Waals surface area contributed by atoms with E-state index in [0.717, 1.165) is 29.6 Å². The van der Waals surface area contributed by atoms with Crippen molar-refractivity contribution in [2.24, 2.45) is 5.73 Å². The minimum atomic E-state index is -0.335. The molecule has 1 aliphatic rings. The van der Waals surface area contributed by atoms with Crippen LogP contribution >= 0.6 is 0 Å². The van der Waals surface area contributed by atoms with Gasteiger partial charge in [-0.25, -0.2) is 15.0 Å². The van der Waals surface area contributed by atoms with Gasteiger partial charge in [-0.3, -0.25) is 14.7 Å². The number of methoxy groups -OCH3 is 1. The number of carbonyl (C=O) groups excluding carboxylic acids is 1. The fourth-order valence-electron chi connectivity index (χ4n) is 4.02.